The van der Waals surface area contributed by atoms with E-state index in [-0.39, 0.29) is 11.6 Å². The average Bonchev–Trinajstić information content (AvgIpc) is 2.38. The van der Waals surface area contributed by atoms with E-state index in [1.54, 1.807) is 6.92 Å². The largest absolute Gasteiger partial charge is 0.476 e. The van der Waals surface area contributed by atoms with Gasteiger partial charge >= 0.3 is 5.97 Å². The molecule has 1 N–H and O–H groups in total. The topological polar surface area (TPSA) is 76.0 Å². The molecule has 4 saturated carbocycles. The molecule has 5 rings (SSSR count). The Kier molecular flexibility index (Phi) is 2.59. The first kappa shape index (κ1) is 12.2. The molecule has 4 aliphatic rings. The fourth-order valence-electron chi connectivity index (χ4n) is 5.17. The molecular weight excluding hydrogens is 254 g/mol. The molecule has 5 nitrogen and oxygen atoms in total. The van der Waals surface area contributed by atoms with E-state index in [0.29, 0.717) is 23.4 Å². The fraction of sp³-hybridized carbons (Fsp3) is 0.733. The van der Waals surface area contributed by atoms with Gasteiger partial charge in [-0.2, -0.15) is 5.10 Å². The number of rotatable bonds is 2. The van der Waals surface area contributed by atoms with Gasteiger partial charge in [-0.25, -0.2) is 9.78 Å². The minimum absolute atomic E-state index is 0.134. The lowest BCUT2D eigenvalue weighted by atomic mass is 9.51. The molecule has 4 fully saturated rings. The number of carbonyl (C=O) groups is 1. The van der Waals surface area contributed by atoms with Crippen LogP contribution in [0.2, 0.25) is 0 Å². The Balaban J connectivity index is 1.76. The highest BCUT2D eigenvalue weighted by molar-refractivity contribution is 5.86. The van der Waals surface area contributed by atoms with Gasteiger partial charge in [0.2, 0.25) is 0 Å². The van der Waals surface area contributed by atoms with Gasteiger partial charge in [0, 0.05) is 5.92 Å². The van der Waals surface area contributed by atoms with Crippen molar-refractivity contribution in [2.24, 2.45) is 23.7 Å². The molecule has 0 amide bonds. The summed E-state index contributed by atoms with van der Waals surface area (Å²) in [6.07, 6.45) is 6.36. The number of hydrogen-bond donors (Lipinski definition) is 1. The van der Waals surface area contributed by atoms with Crippen molar-refractivity contribution in [2.75, 3.05) is 0 Å². The third-order valence-electron chi connectivity index (χ3n) is 5.56. The predicted octanol–water partition coefficient (Wildman–Crippen LogP) is 2.42. The van der Waals surface area contributed by atoms with Gasteiger partial charge in [-0.05, 0) is 62.7 Å². The number of hydrogen-bond acceptors (Lipinski definition) is 4. The highest BCUT2D eigenvalue weighted by Crippen LogP contribution is 2.59. The molecule has 5 heteroatoms. The van der Waals surface area contributed by atoms with E-state index in [9.17, 15) is 9.90 Å². The van der Waals surface area contributed by atoms with E-state index in [0.717, 1.165) is 11.8 Å². The molecule has 20 heavy (non-hydrogen) atoms. The van der Waals surface area contributed by atoms with Crippen LogP contribution in [-0.2, 0) is 0 Å². The first-order valence-electron chi connectivity index (χ1n) is 7.56. The Hall–Kier alpha value is -1.52. The van der Waals surface area contributed by atoms with Crippen molar-refractivity contribution in [2.45, 2.75) is 44.9 Å². The maximum atomic E-state index is 11.5. The van der Waals surface area contributed by atoms with Crippen LogP contribution < -0.4 is 0 Å². The number of aromatic nitrogens is 3. The molecule has 1 heterocycles. The molecule has 0 aliphatic heterocycles. The van der Waals surface area contributed by atoms with Gasteiger partial charge in [-0.15, -0.1) is 5.10 Å². The maximum Gasteiger partial charge on any atom is 0.356 e. The van der Waals surface area contributed by atoms with Crippen LogP contribution in [0.25, 0.3) is 0 Å². The average molecular weight is 273 g/mol. The van der Waals surface area contributed by atoms with E-state index in [1.165, 1.54) is 32.1 Å². The molecule has 4 bridgehead atoms. The molecule has 0 aromatic carbocycles. The lowest BCUT2D eigenvalue weighted by molar-refractivity contribution is -0.00506. The van der Waals surface area contributed by atoms with Crippen molar-refractivity contribution in [3.63, 3.8) is 0 Å². The molecule has 0 radical (unpaired) electrons. The maximum absolute atomic E-state index is 11.5. The summed E-state index contributed by atoms with van der Waals surface area (Å²) in [4.78, 5) is 15.6. The number of aromatic carboxylic acids is 1. The predicted molar refractivity (Wildman–Crippen MR) is 71.3 cm³/mol. The first-order valence-corrected chi connectivity index (χ1v) is 7.56. The Morgan fingerprint density at radius 2 is 1.65 bits per heavy atom. The van der Waals surface area contributed by atoms with Crippen molar-refractivity contribution in [3.05, 3.63) is 17.2 Å². The number of carboxylic acids is 1. The molecule has 106 valence electrons. The zero-order valence-electron chi connectivity index (χ0n) is 11.6. The molecular formula is C15H19N3O2. The second-order valence-corrected chi connectivity index (χ2v) is 6.85. The summed E-state index contributed by atoms with van der Waals surface area (Å²) >= 11 is 0. The Morgan fingerprint density at radius 3 is 2.20 bits per heavy atom. The second kappa shape index (κ2) is 4.24. The standard InChI is InChI=1S/C15H19N3O2/c1-7-16-14(15(19)20)13(18-17-7)12-10-3-8-2-9(5-10)6-11(12)4-8/h8-12H,2-6H2,1H3,(H,19,20). The number of nitrogens with zero attached hydrogens (tertiary/aromatic N) is 3. The van der Waals surface area contributed by atoms with Gasteiger partial charge in [0.25, 0.3) is 0 Å². The minimum Gasteiger partial charge on any atom is -0.476 e. The summed E-state index contributed by atoms with van der Waals surface area (Å²) in [6, 6.07) is 0. The van der Waals surface area contributed by atoms with Gasteiger partial charge in [-0.1, -0.05) is 0 Å². The van der Waals surface area contributed by atoms with Crippen molar-refractivity contribution in [1.82, 2.24) is 15.2 Å². The first-order chi connectivity index (χ1) is 9.61. The SMILES string of the molecule is Cc1nnc(C2C3CC4CC(C3)CC2C4)c(C(=O)O)n1. The van der Waals surface area contributed by atoms with Crippen LogP contribution in [0.3, 0.4) is 0 Å². The Labute approximate surface area is 117 Å². The van der Waals surface area contributed by atoms with Gasteiger partial charge in [0.1, 0.15) is 5.82 Å². The normalized spacial score (nSPS) is 38.1. The zero-order valence-corrected chi connectivity index (χ0v) is 11.6. The smallest absolute Gasteiger partial charge is 0.356 e. The lowest BCUT2D eigenvalue weighted by Gasteiger charge is -2.54. The highest BCUT2D eigenvalue weighted by atomic mass is 16.4. The van der Waals surface area contributed by atoms with E-state index in [2.05, 4.69) is 15.2 Å². The van der Waals surface area contributed by atoms with Crippen molar-refractivity contribution < 1.29 is 9.90 Å². The molecule has 0 atom stereocenters. The summed E-state index contributed by atoms with van der Waals surface area (Å²) in [5.74, 6) is 2.68. The molecule has 0 saturated heterocycles. The van der Waals surface area contributed by atoms with Gasteiger partial charge < -0.3 is 5.11 Å². The number of carboxylic acid groups (broad SMARTS) is 1. The number of aryl methyl sites for hydroxylation is 1. The molecule has 1 aromatic rings. The third kappa shape index (κ3) is 1.75. The monoisotopic (exact) mass is 273 g/mol. The van der Waals surface area contributed by atoms with Crippen molar-refractivity contribution in [3.8, 4) is 0 Å². The summed E-state index contributed by atoms with van der Waals surface area (Å²) < 4.78 is 0. The van der Waals surface area contributed by atoms with Crippen LogP contribution >= 0.6 is 0 Å². The lowest BCUT2D eigenvalue weighted by Crippen LogP contribution is -2.44. The van der Waals surface area contributed by atoms with E-state index < -0.39 is 5.97 Å². The zero-order chi connectivity index (χ0) is 13.9. The van der Waals surface area contributed by atoms with Crippen LogP contribution in [0.15, 0.2) is 0 Å². The van der Waals surface area contributed by atoms with Crippen LogP contribution in [0, 0.1) is 30.6 Å². The molecule has 0 spiro atoms. The van der Waals surface area contributed by atoms with E-state index in [4.69, 9.17) is 0 Å². The molecule has 4 aliphatic carbocycles. The van der Waals surface area contributed by atoms with Crippen LogP contribution in [0.5, 0.6) is 0 Å². The minimum atomic E-state index is -0.966. The highest BCUT2D eigenvalue weighted by Gasteiger charge is 2.50. The van der Waals surface area contributed by atoms with Crippen molar-refractivity contribution in [1.29, 1.82) is 0 Å². The summed E-state index contributed by atoms with van der Waals surface area (Å²) in [7, 11) is 0. The molecule has 1 aromatic heterocycles. The van der Waals surface area contributed by atoms with E-state index >= 15 is 0 Å². The van der Waals surface area contributed by atoms with Crippen LogP contribution in [0.4, 0.5) is 0 Å². The summed E-state index contributed by atoms with van der Waals surface area (Å²) in [5, 5.41) is 17.7. The second-order valence-electron chi connectivity index (χ2n) is 6.85. The van der Waals surface area contributed by atoms with Crippen LogP contribution in [0.1, 0.15) is 60.0 Å². The van der Waals surface area contributed by atoms with E-state index in [1.807, 2.05) is 0 Å². The quantitative estimate of drug-likeness (QED) is 0.895. The van der Waals surface area contributed by atoms with Crippen LogP contribution in [-0.4, -0.2) is 26.3 Å². The molecule has 0 unspecified atom stereocenters. The van der Waals surface area contributed by atoms with Gasteiger partial charge in [-0.3, -0.25) is 0 Å². The fourth-order valence-corrected chi connectivity index (χ4v) is 5.17. The Bertz CT molecular complexity index is 544. The Morgan fingerprint density at radius 1 is 1.05 bits per heavy atom. The van der Waals surface area contributed by atoms with Crippen molar-refractivity contribution >= 4 is 5.97 Å². The van der Waals surface area contributed by atoms with Gasteiger partial charge in [0.15, 0.2) is 5.69 Å². The third-order valence-corrected chi connectivity index (χ3v) is 5.56. The summed E-state index contributed by atoms with van der Waals surface area (Å²) in [5.41, 5.74) is 0.784. The summed E-state index contributed by atoms with van der Waals surface area (Å²) in [6.45, 7) is 1.69. The van der Waals surface area contributed by atoms with Gasteiger partial charge in [0.05, 0.1) is 5.69 Å².